The molecule has 3 heteroatoms. The van der Waals surface area contributed by atoms with Crippen LogP contribution in [0.3, 0.4) is 0 Å². The molecule has 2 rings (SSSR count). The van der Waals surface area contributed by atoms with E-state index in [1.807, 2.05) is 25.1 Å². The largest absolute Gasteiger partial charge is 0.463 e. The Kier molecular flexibility index (Phi) is 2.34. The Hall–Kier alpha value is -1.95. The summed E-state index contributed by atoms with van der Waals surface area (Å²) in [7, 11) is 0. The summed E-state index contributed by atoms with van der Waals surface area (Å²) in [4.78, 5) is 0. The SMILES string of the molecule is CCn1c(-c2ccco2)cc(C#N)c1C. The standard InChI is InChI=1S/C12H12N2O/c1-3-14-9(2)10(8-13)7-11(14)12-5-4-6-15-12/h4-7H,3H2,1-2H3. The van der Waals surface area contributed by atoms with Crippen LogP contribution in [0.4, 0.5) is 0 Å². The van der Waals surface area contributed by atoms with Crippen molar-refractivity contribution in [2.24, 2.45) is 0 Å². The van der Waals surface area contributed by atoms with Crippen molar-refractivity contribution in [1.82, 2.24) is 4.57 Å². The molecule has 3 nitrogen and oxygen atoms in total. The van der Waals surface area contributed by atoms with Gasteiger partial charge in [0.2, 0.25) is 0 Å². The molecular weight excluding hydrogens is 188 g/mol. The minimum atomic E-state index is 0.711. The highest BCUT2D eigenvalue weighted by Gasteiger charge is 2.13. The molecule has 15 heavy (non-hydrogen) atoms. The van der Waals surface area contributed by atoms with Crippen molar-refractivity contribution in [2.75, 3.05) is 0 Å². The Morgan fingerprint density at radius 2 is 2.33 bits per heavy atom. The van der Waals surface area contributed by atoms with E-state index in [1.54, 1.807) is 6.26 Å². The van der Waals surface area contributed by atoms with Gasteiger partial charge in [-0.25, -0.2) is 0 Å². The maximum atomic E-state index is 8.96. The first-order chi connectivity index (χ1) is 7.27. The molecule has 0 bridgehead atoms. The van der Waals surface area contributed by atoms with Crippen LogP contribution in [0.25, 0.3) is 11.5 Å². The van der Waals surface area contributed by atoms with Crippen molar-refractivity contribution in [2.45, 2.75) is 20.4 Å². The van der Waals surface area contributed by atoms with Crippen molar-refractivity contribution < 1.29 is 4.42 Å². The summed E-state index contributed by atoms with van der Waals surface area (Å²) in [6.07, 6.45) is 1.64. The second-order valence-electron chi connectivity index (χ2n) is 3.36. The van der Waals surface area contributed by atoms with E-state index in [4.69, 9.17) is 9.68 Å². The molecule has 0 saturated carbocycles. The summed E-state index contributed by atoms with van der Waals surface area (Å²) >= 11 is 0. The molecule has 0 aromatic carbocycles. The van der Waals surface area contributed by atoms with Crippen LogP contribution in [0.2, 0.25) is 0 Å². The van der Waals surface area contributed by atoms with Gasteiger partial charge in [-0.3, -0.25) is 0 Å². The minimum Gasteiger partial charge on any atom is -0.463 e. The molecule has 0 saturated heterocycles. The molecule has 0 radical (unpaired) electrons. The summed E-state index contributed by atoms with van der Waals surface area (Å²) < 4.78 is 7.43. The molecular formula is C12H12N2O. The Labute approximate surface area is 88.6 Å². The fourth-order valence-electron chi connectivity index (χ4n) is 1.79. The number of nitriles is 1. The van der Waals surface area contributed by atoms with E-state index in [-0.39, 0.29) is 0 Å². The maximum absolute atomic E-state index is 8.96. The number of furan rings is 1. The number of aromatic nitrogens is 1. The van der Waals surface area contributed by atoms with Gasteiger partial charge in [-0.2, -0.15) is 5.26 Å². The molecule has 2 aromatic rings. The number of rotatable bonds is 2. The van der Waals surface area contributed by atoms with E-state index < -0.39 is 0 Å². The van der Waals surface area contributed by atoms with Gasteiger partial charge in [0.05, 0.1) is 17.5 Å². The summed E-state index contributed by atoms with van der Waals surface area (Å²) in [5.41, 5.74) is 2.67. The van der Waals surface area contributed by atoms with Crippen LogP contribution in [0.15, 0.2) is 28.9 Å². The van der Waals surface area contributed by atoms with Crippen LogP contribution < -0.4 is 0 Å². The van der Waals surface area contributed by atoms with Gasteiger partial charge < -0.3 is 8.98 Å². The van der Waals surface area contributed by atoms with Crippen LogP contribution in [-0.4, -0.2) is 4.57 Å². The van der Waals surface area contributed by atoms with Crippen molar-refractivity contribution >= 4 is 0 Å². The average molecular weight is 200 g/mol. The second kappa shape index (κ2) is 3.66. The molecule has 0 amide bonds. The van der Waals surface area contributed by atoms with E-state index in [0.29, 0.717) is 5.56 Å². The van der Waals surface area contributed by atoms with Gasteiger partial charge in [0.1, 0.15) is 11.8 Å². The van der Waals surface area contributed by atoms with Crippen molar-refractivity contribution in [1.29, 1.82) is 5.26 Å². The van der Waals surface area contributed by atoms with E-state index >= 15 is 0 Å². The summed E-state index contributed by atoms with van der Waals surface area (Å²) in [6.45, 7) is 4.85. The van der Waals surface area contributed by atoms with Gasteiger partial charge in [-0.05, 0) is 32.0 Å². The van der Waals surface area contributed by atoms with E-state index in [2.05, 4.69) is 17.6 Å². The first-order valence-corrected chi connectivity index (χ1v) is 4.92. The molecule has 2 heterocycles. The highest BCUT2D eigenvalue weighted by Crippen LogP contribution is 2.25. The van der Waals surface area contributed by atoms with Gasteiger partial charge in [0.25, 0.3) is 0 Å². The zero-order valence-electron chi connectivity index (χ0n) is 8.82. The van der Waals surface area contributed by atoms with Crippen LogP contribution in [0.1, 0.15) is 18.2 Å². The van der Waals surface area contributed by atoms with Gasteiger partial charge in [0.15, 0.2) is 0 Å². The summed E-state index contributed by atoms with van der Waals surface area (Å²) in [5, 5.41) is 8.96. The quantitative estimate of drug-likeness (QED) is 0.747. The Morgan fingerprint density at radius 3 is 2.87 bits per heavy atom. The fourth-order valence-corrected chi connectivity index (χ4v) is 1.79. The van der Waals surface area contributed by atoms with Crippen molar-refractivity contribution in [3.8, 4) is 17.5 Å². The Morgan fingerprint density at radius 1 is 1.53 bits per heavy atom. The third kappa shape index (κ3) is 1.44. The lowest BCUT2D eigenvalue weighted by atomic mass is 10.2. The number of hydrogen-bond donors (Lipinski definition) is 0. The first-order valence-electron chi connectivity index (χ1n) is 4.92. The molecule has 0 unspecified atom stereocenters. The van der Waals surface area contributed by atoms with Crippen molar-refractivity contribution in [3.05, 3.63) is 35.7 Å². The molecule has 0 fully saturated rings. The molecule has 0 aliphatic rings. The van der Waals surface area contributed by atoms with Gasteiger partial charge in [-0.15, -0.1) is 0 Å². The lowest BCUT2D eigenvalue weighted by molar-refractivity contribution is 0.572. The number of hydrogen-bond acceptors (Lipinski definition) is 2. The molecule has 76 valence electrons. The molecule has 2 aromatic heterocycles. The molecule has 0 aliphatic heterocycles. The topological polar surface area (TPSA) is 41.9 Å². The second-order valence-corrected chi connectivity index (χ2v) is 3.36. The van der Waals surface area contributed by atoms with Crippen molar-refractivity contribution in [3.63, 3.8) is 0 Å². The van der Waals surface area contributed by atoms with Gasteiger partial charge in [-0.1, -0.05) is 0 Å². The normalized spacial score (nSPS) is 10.2. The molecule has 0 atom stereocenters. The third-order valence-electron chi connectivity index (χ3n) is 2.58. The van der Waals surface area contributed by atoms with Crippen LogP contribution in [0.5, 0.6) is 0 Å². The monoisotopic (exact) mass is 200 g/mol. The first kappa shape index (κ1) is 9.60. The van der Waals surface area contributed by atoms with Crippen LogP contribution in [0, 0.1) is 18.3 Å². The third-order valence-corrected chi connectivity index (χ3v) is 2.58. The maximum Gasteiger partial charge on any atom is 0.150 e. The average Bonchev–Trinajstić information content (AvgIpc) is 2.84. The minimum absolute atomic E-state index is 0.711. The fraction of sp³-hybridized carbons (Fsp3) is 0.250. The van der Waals surface area contributed by atoms with E-state index in [9.17, 15) is 0 Å². The Balaban J connectivity index is 2.63. The van der Waals surface area contributed by atoms with Crippen LogP contribution >= 0.6 is 0 Å². The summed E-state index contributed by atoms with van der Waals surface area (Å²) in [6, 6.07) is 7.82. The smallest absolute Gasteiger partial charge is 0.150 e. The number of nitrogens with zero attached hydrogens (tertiary/aromatic N) is 2. The molecule has 0 aliphatic carbocycles. The van der Waals surface area contributed by atoms with Gasteiger partial charge in [0, 0.05) is 12.2 Å². The highest BCUT2D eigenvalue weighted by molar-refractivity contribution is 5.59. The van der Waals surface area contributed by atoms with Gasteiger partial charge >= 0.3 is 0 Å². The zero-order chi connectivity index (χ0) is 10.8. The van der Waals surface area contributed by atoms with Crippen LogP contribution in [-0.2, 0) is 6.54 Å². The predicted octanol–water partition coefficient (Wildman–Crippen LogP) is 2.95. The summed E-state index contributed by atoms with van der Waals surface area (Å²) in [5.74, 6) is 0.807. The van der Waals surface area contributed by atoms with E-state index in [0.717, 1.165) is 23.7 Å². The highest BCUT2D eigenvalue weighted by atomic mass is 16.3. The zero-order valence-corrected chi connectivity index (χ0v) is 8.82. The Bertz CT molecular complexity index is 500. The predicted molar refractivity (Wildman–Crippen MR) is 57.3 cm³/mol. The molecule has 0 spiro atoms. The lowest BCUT2D eigenvalue weighted by Gasteiger charge is -2.05. The molecule has 0 N–H and O–H groups in total. The lowest BCUT2D eigenvalue weighted by Crippen LogP contribution is -1.98. The van der Waals surface area contributed by atoms with E-state index in [1.165, 1.54) is 0 Å².